The van der Waals surface area contributed by atoms with Crippen LogP contribution in [0.2, 0.25) is 0 Å². The van der Waals surface area contributed by atoms with Crippen molar-refractivity contribution in [3.8, 4) is 11.8 Å². The number of amides is 1. The lowest BCUT2D eigenvalue weighted by atomic mass is 9.99. The first-order valence-electron chi connectivity index (χ1n) is 9.44. The normalized spacial score (nSPS) is 12.1. The summed E-state index contributed by atoms with van der Waals surface area (Å²) >= 11 is 0. The Hall–Kier alpha value is -4.28. The second-order valence-corrected chi connectivity index (χ2v) is 6.87. The molecular formula is C22H17F3N2O6. The highest BCUT2D eigenvalue weighted by molar-refractivity contribution is 6.08. The molecule has 1 atom stereocenters. The summed E-state index contributed by atoms with van der Waals surface area (Å²) < 4.78 is 38.5. The highest BCUT2D eigenvalue weighted by atomic mass is 19.4. The molecule has 1 amide bonds. The Kier molecular flexibility index (Phi) is 6.71. The maximum Gasteiger partial charge on any atom is 0.471 e. The van der Waals surface area contributed by atoms with E-state index in [1.807, 2.05) is 0 Å². The van der Waals surface area contributed by atoms with Crippen molar-refractivity contribution in [3.63, 3.8) is 0 Å². The second-order valence-electron chi connectivity index (χ2n) is 6.87. The first kappa shape index (κ1) is 23.4. The summed E-state index contributed by atoms with van der Waals surface area (Å²) in [7, 11) is 0. The predicted octanol–water partition coefficient (Wildman–Crippen LogP) is 2.38. The van der Waals surface area contributed by atoms with Gasteiger partial charge in [-0.25, -0.2) is 4.79 Å². The van der Waals surface area contributed by atoms with Crippen molar-refractivity contribution in [3.05, 3.63) is 83.4 Å². The first-order chi connectivity index (χ1) is 15.6. The highest BCUT2D eigenvalue weighted by Crippen LogP contribution is 2.20. The molecule has 1 heterocycles. The number of alkyl halides is 3. The molecular weight excluding hydrogens is 445 g/mol. The molecule has 3 aromatic rings. The molecule has 0 unspecified atom stereocenters. The molecule has 3 N–H and O–H groups in total. The number of halogens is 3. The van der Waals surface area contributed by atoms with Crippen LogP contribution in [-0.2, 0) is 16.0 Å². The average Bonchev–Trinajstić information content (AvgIpc) is 3.10. The molecule has 0 aliphatic carbocycles. The summed E-state index contributed by atoms with van der Waals surface area (Å²) in [5.41, 5.74) is 1.06. The van der Waals surface area contributed by atoms with Gasteiger partial charge in [0.2, 0.25) is 11.8 Å². The van der Waals surface area contributed by atoms with Crippen LogP contribution in [0, 0.1) is 0 Å². The first-order valence-corrected chi connectivity index (χ1v) is 9.44. The number of aromatic hydroxyl groups is 2. The minimum absolute atomic E-state index is 0.276. The number of nitrogens with zero attached hydrogens (tertiary/aromatic N) is 1. The van der Waals surface area contributed by atoms with Gasteiger partial charge >= 0.3 is 18.1 Å². The monoisotopic (exact) mass is 462 g/mol. The molecule has 2 aromatic carbocycles. The third kappa shape index (κ3) is 5.70. The van der Waals surface area contributed by atoms with Crippen molar-refractivity contribution in [2.45, 2.75) is 18.6 Å². The number of nitrogens with one attached hydrogen (secondary N) is 1. The average molecular weight is 462 g/mol. The molecule has 33 heavy (non-hydrogen) atoms. The van der Waals surface area contributed by atoms with Gasteiger partial charge in [-0.15, -0.1) is 4.73 Å². The number of hydrogen-bond donors (Lipinski definition) is 3. The number of rotatable bonds is 7. The zero-order valence-corrected chi connectivity index (χ0v) is 16.7. The molecule has 0 spiro atoms. The molecule has 0 radical (unpaired) electrons. The third-order valence-electron chi connectivity index (χ3n) is 4.52. The van der Waals surface area contributed by atoms with Crippen LogP contribution in [0.15, 0.2) is 66.7 Å². The minimum Gasteiger partial charge on any atom is -0.492 e. The minimum atomic E-state index is -5.26. The number of aromatic nitrogens is 1. The lowest BCUT2D eigenvalue weighted by Crippen LogP contribution is -2.50. The molecule has 0 saturated heterocycles. The molecule has 8 nitrogen and oxygen atoms in total. The van der Waals surface area contributed by atoms with Gasteiger partial charge in [0.25, 0.3) is 0 Å². The van der Waals surface area contributed by atoms with E-state index < -0.39 is 42.3 Å². The van der Waals surface area contributed by atoms with Crippen LogP contribution in [0.3, 0.4) is 0 Å². The van der Waals surface area contributed by atoms with E-state index in [1.54, 1.807) is 30.3 Å². The lowest BCUT2D eigenvalue weighted by molar-refractivity contribution is -0.176. The summed E-state index contributed by atoms with van der Waals surface area (Å²) in [6.07, 6.45) is -5.69. The molecule has 0 aliphatic heterocycles. The van der Waals surface area contributed by atoms with E-state index >= 15 is 0 Å². The van der Waals surface area contributed by atoms with E-state index in [4.69, 9.17) is 4.84 Å². The Balaban J connectivity index is 1.79. The zero-order valence-electron chi connectivity index (χ0n) is 16.7. The van der Waals surface area contributed by atoms with Crippen LogP contribution < -0.4 is 10.2 Å². The van der Waals surface area contributed by atoms with Gasteiger partial charge in [-0.2, -0.15) is 13.2 Å². The molecule has 0 bridgehead atoms. The third-order valence-corrected chi connectivity index (χ3v) is 4.52. The van der Waals surface area contributed by atoms with Gasteiger partial charge in [0.15, 0.2) is 5.78 Å². The molecule has 11 heteroatoms. The summed E-state index contributed by atoms with van der Waals surface area (Å²) in [5, 5.41) is 20.7. The van der Waals surface area contributed by atoms with Crippen molar-refractivity contribution in [2.24, 2.45) is 0 Å². The number of hydrogen-bond acceptors (Lipinski definition) is 6. The number of carbonyl (C=O) groups excluding carboxylic acids is 3. The Labute approximate surface area is 184 Å². The van der Waals surface area contributed by atoms with Crippen LogP contribution >= 0.6 is 0 Å². The van der Waals surface area contributed by atoms with Gasteiger partial charge in [-0.3, -0.25) is 9.59 Å². The number of benzene rings is 2. The van der Waals surface area contributed by atoms with Crippen LogP contribution in [0.1, 0.15) is 21.5 Å². The molecule has 3 rings (SSSR count). The SMILES string of the molecule is O=C(c1ccccc1)c1ccc(C[C@H](NC(=O)C(F)(F)F)C(=O)On2c(O)ccc2O)cc1. The van der Waals surface area contributed by atoms with E-state index in [9.17, 15) is 37.8 Å². The van der Waals surface area contributed by atoms with Gasteiger partial charge < -0.3 is 20.4 Å². The maximum atomic E-state index is 12.7. The van der Waals surface area contributed by atoms with E-state index in [2.05, 4.69) is 0 Å². The Morgan fingerprint density at radius 2 is 1.42 bits per heavy atom. The topological polar surface area (TPSA) is 118 Å². The molecule has 1 aromatic heterocycles. The second kappa shape index (κ2) is 9.47. The molecule has 172 valence electrons. The molecule has 0 fully saturated rings. The summed E-state index contributed by atoms with van der Waals surface area (Å²) in [6, 6.07) is 14.2. The largest absolute Gasteiger partial charge is 0.492 e. The number of carbonyl (C=O) groups is 3. The Morgan fingerprint density at radius 3 is 1.97 bits per heavy atom. The van der Waals surface area contributed by atoms with Crippen molar-refractivity contribution in [1.82, 2.24) is 10.0 Å². The fraction of sp³-hybridized carbons (Fsp3) is 0.136. The van der Waals surface area contributed by atoms with Gasteiger partial charge in [0, 0.05) is 29.7 Å². The zero-order chi connectivity index (χ0) is 24.2. The fourth-order valence-corrected chi connectivity index (χ4v) is 2.87. The predicted molar refractivity (Wildman–Crippen MR) is 107 cm³/mol. The number of ketones is 1. The van der Waals surface area contributed by atoms with Crippen LogP contribution in [0.25, 0.3) is 0 Å². The molecule has 0 aliphatic rings. The van der Waals surface area contributed by atoms with Crippen LogP contribution in [-0.4, -0.2) is 44.8 Å². The van der Waals surface area contributed by atoms with Gasteiger partial charge in [0.1, 0.15) is 6.04 Å². The quantitative estimate of drug-likeness (QED) is 0.464. The van der Waals surface area contributed by atoms with Crippen LogP contribution in [0.5, 0.6) is 11.8 Å². The van der Waals surface area contributed by atoms with Crippen molar-refractivity contribution in [1.29, 1.82) is 0 Å². The summed E-state index contributed by atoms with van der Waals surface area (Å²) in [5.74, 6) is -5.40. The lowest BCUT2D eigenvalue weighted by Gasteiger charge is -2.19. The van der Waals surface area contributed by atoms with E-state index in [0.29, 0.717) is 16.7 Å². The highest BCUT2D eigenvalue weighted by Gasteiger charge is 2.41. The van der Waals surface area contributed by atoms with Gasteiger partial charge in [-0.05, 0) is 5.56 Å². The van der Waals surface area contributed by atoms with Crippen molar-refractivity contribution >= 4 is 17.7 Å². The van der Waals surface area contributed by atoms with Gasteiger partial charge in [0.05, 0.1) is 0 Å². The van der Waals surface area contributed by atoms with E-state index in [1.165, 1.54) is 29.6 Å². The standard InChI is InChI=1S/C22H17F3N2O6/c23-22(24,25)21(32)26-16(20(31)33-27-17(28)10-11-18(27)29)12-13-6-8-15(9-7-13)19(30)14-4-2-1-3-5-14/h1-11,16,28-29H,12H2,(H,26,32)/t16-/m0/s1. The van der Waals surface area contributed by atoms with Gasteiger partial charge in [-0.1, -0.05) is 54.6 Å². The van der Waals surface area contributed by atoms with Crippen molar-refractivity contribution in [2.75, 3.05) is 0 Å². The Bertz CT molecular complexity index is 1140. The fourth-order valence-electron chi connectivity index (χ4n) is 2.87. The summed E-state index contributed by atoms with van der Waals surface area (Å²) in [4.78, 5) is 41.1. The smallest absolute Gasteiger partial charge is 0.471 e. The molecule has 0 saturated carbocycles. The maximum absolute atomic E-state index is 12.7. The Morgan fingerprint density at radius 1 is 0.879 bits per heavy atom. The van der Waals surface area contributed by atoms with Crippen molar-refractivity contribution < 1.29 is 42.6 Å². The van der Waals surface area contributed by atoms with E-state index in [0.717, 1.165) is 12.1 Å². The van der Waals surface area contributed by atoms with Crippen LogP contribution in [0.4, 0.5) is 13.2 Å². The van der Waals surface area contributed by atoms with E-state index in [-0.39, 0.29) is 10.5 Å². The summed E-state index contributed by atoms with van der Waals surface area (Å²) in [6.45, 7) is 0.